The zero-order chi connectivity index (χ0) is 27.7. The molecule has 39 heavy (non-hydrogen) atoms. The Labute approximate surface area is 226 Å². The highest BCUT2D eigenvalue weighted by Crippen LogP contribution is 2.41. The summed E-state index contributed by atoms with van der Waals surface area (Å²) in [5.41, 5.74) is 3.18. The quantitative estimate of drug-likeness (QED) is 0.278. The second-order valence-corrected chi connectivity index (χ2v) is 11.2. The first-order valence-corrected chi connectivity index (χ1v) is 13.2. The van der Waals surface area contributed by atoms with Crippen molar-refractivity contribution < 1.29 is 14.3 Å². The van der Waals surface area contributed by atoms with Gasteiger partial charge in [0, 0.05) is 61.7 Å². The number of amides is 1. The molecule has 0 aliphatic carbocycles. The predicted octanol–water partition coefficient (Wildman–Crippen LogP) is 3.51. The van der Waals surface area contributed by atoms with Crippen LogP contribution in [-0.4, -0.2) is 56.1 Å². The fourth-order valence-corrected chi connectivity index (χ4v) is 5.70. The molecule has 1 fully saturated rings. The van der Waals surface area contributed by atoms with Crippen LogP contribution in [0.3, 0.4) is 0 Å². The number of carbonyl (C=O) groups excluding carboxylic acids is 1. The number of β-amino-alcohol motifs (C(OH)–C–C–N with tert-alkyl or cyclic N) is 1. The molecular weight excluding hydrogens is 497 g/mol. The summed E-state index contributed by atoms with van der Waals surface area (Å²) in [4.78, 5) is 38.3. The number of nitrogens with zero attached hydrogens (tertiary/aromatic N) is 2. The molecule has 0 radical (unpaired) electrons. The summed E-state index contributed by atoms with van der Waals surface area (Å²) >= 11 is 0. The SMILES string of the molecule is Cc1cc([C@@H]2CN(CC(C)(C)O)C[C@@H]2c2ccccc2)c(CC(=O)NCc2cnc3[nH]cc(F)c3c2)c(=O)[nH]1. The van der Waals surface area contributed by atoms with E-state index in [0.717, 1.165) is 23.4 Å². The van der Waals surface area contributed by atoms with Crippen molar-refractivity contribution in [3.8, 4) is 0 Å². The molecule has 0 spiro atoms. The lowest BCUT2D eigenvalue weighted by atomic mass is 9.82. The minimum Gasteiger partial charge on any atom is -0.389 e. The van der Waals surface area contributed by atoms with E-state index < -0.39 is 11.4 Å². The van der Waals surface area contributed by atoms with Gasteiger partial charge >= 0.3 is 0 Å². The average molecular weight is 532 g/mol. The number of pyridine rings is 2. The molecule has 1 aliphatic rings. The molecular formula is C30H34FN5O3. The highest BCUT2D eigenvalue weighted by molar-refractivity contribution is 5.79. The largest absolute Gasteiger partial charge is 0.389 e. The van der Waals surface area contributed by atoms with Gasteiger partial charge in [0.25, 0.3) is 5.56 Å². The van der Waals surface area contributed by atoms with E-state index in [-0.39, 0.29) is 36.3 Å². The third-order valence-electron chi connectivity index (χ3n) is 7.30. The molecule has 1 saturated heterocycles. The fraction of sp³-hybridized carbons (Fsp3) is 0.367. The normalized spacial score (nSPS) is 18.1. The van der Waals surface area contributed by atoms with Crippen LogP contribution in [0, 0.1) is 12.7 Å². The van der Waals surface area contributed by atoms with Crippen LogP contribution in [0.1, 0.15) is 53.6 Å². The maximum Gasteiger partial charge on any atom is 0.252 e. The van der Waals surface area contributed by atoms with E-state index in [9.17, 15) is 19.1 Å². The van der Waals surface area contributed by atoms with Crippen LogP contribution < -0.4 is 10.9 Å². The number of halogens is 1. The summed E-state index contributed by atoms with van der Waals surface area (Å²) in [5, 5.41) is 13.7. The van der Waals surface area contributed by atoms with E-state index in [1.165, 1.54) is 6.20 Å². The second-order valence-electron chi connectivity index (χ2n) is 11.2. The van der Waals surface area contributed by atoms with Crippen molar-refractivity contribution in [1.82, 2.24) is 25.2 Å². The number of benzene rings is 1. The monoisotopic (exact) mass is 531 g/mol. The number of H-pyrrole nitrogens is 2. The van der Waals surface area contributed by atoms with Gasteiger partial charge in [-0.1, -0.05) is 30.3 Å². The highest BCUT2D eigenvalue weighted by Gasteiger charge is 2.38. The van der Waals surface area contributed by atoms with Crippen molar-refractivity contribution in [2.45, 2.75) is 51.2 Å². The Morgan fingerprint density at radius 1 is 1.21 bits per heavy atom. The number of fused-ring (bicyclic) bond motifs is 1. The zero-order valence-electron chi connectivity index (χ0n) is 22.4. The van der Waals surface area contributed by atoms with E-state index >= 15 is 0 Å². The first-order valence-electron chi connectivity index (χ1n) is 13.2. The van der Waals surface area contributed by atoms with E-state index in [4.69, 9.17) is 0 Å². The molecule has 1 amide bonds. The predicted molar refractivity (Wildman–Crippen MR) is 148 cm³/mol. The van der Waals surface area contributed by atoms with Crippen LogP contribution in [-0.2, 0) is 17.8 Å². The molecule has 5 rings (SSSR count). The number of aryl methyl sites for hydroxylation is 1. The smallest absolute Gasteiger partial charge is 0.252 e. The minimum atomic E-state index is -0.857. The second kappa shape index (κ2) is 10.7. The van der Waals surface area contributed by atoms with Gasteiger partial charge in [-0.2, -0.15) is 0 Å². The van der Waals surface area contributed by atoms with Gasteiger partial charge < -0.3 is 20.4 Å². The first kappa shape index (κ1) is 26.8. The zero-order valence-corrected chi connectivity index (χ0v) is 22.4. The van der Waals surface area contributed by atoms with Crippen molar-refractivity contribution >= 4 is 16.9 Å². The summed E-state index contributed by atoms with van der Waals surface area (Å²) in [6.07, 6.45) is 2.76. The number of likely N-dealkylation sites (tertiary alicyclic amines) is 1. The third kappa shape index (κ3) is 6.10. The van der Waals surface area contributed by atoms with Gasteiger partial charge in [0.05, 0.1) is 17.4 Å². The maximum atomic E-state index is 13.9. The van der Waals surface area contributed by atoms with Gasteiger partial charge in [-0.3, -0.25) is 14.5 Å². The standard InChI is InChI=1S/C30H34FN5O3/c1-18-9-21(25-16-36(17-30(2,3)39)15-24(25)20-7-5-4-6-8-20)22(29(38)35-18)11-27(37)32-12-19-10-23-26(31)14-34-28(23)33-13-19/h4-10,13-14,24-25,39H,11-12,15-17H2,1-3H3,(H,32,37)(H,33,34)(H,35,38)/t24-,25+/m1/s1. The van der Waals surface area contributed by atoms with Crippen molar-refractivity contribution in [3.63, 3.8) is 0 Å². The molecule has 3 aromatic heterocycles. The molecule has 4 N–H and O–H groups in total. The Morgan fingerprint density at radius 3 is 2.69 bits per heavy atom. The molecule has 0 saturated carbocycles. The van der Waals surface area contributed by atoms with E-state index in [0.29, 0.717) is 35.2 Å². The molecule has 0 bridgehead atoms. The number of aromatic amines is 2. The Morgan fingerprint density at radius 2 is 1.95 bits per heavy atom. The van der Waals surface area contributed by atoms with Crippen LogP contribution >= 0.6 is 0 Å². The molecule has 8 nitrogen and oxygen atoms in total. The maximum absolute atomic E-state index is 13.9. The van der Waals surface area contributed by atoms with Crippen LogP contribution in [0.2, 0.25) is 0 Å². The van der Waals surface area contributed by atoms with Crippen molar-refractivity contribution in [1.29, 1.82) is 0 Å². The van der Waals surface area contributed by atoms with Gasteiger partial charge in [0.1, 0.15) is 11.5 Å². The molecule has 4 heterocycles. The summed E-state index contributed by atoms with van der Waals surface area (Å²) in [5.74, 6) is -0.625. The van der Waals surface area contributed by atoms with Gasteiger partial charge in [0.2, 0.25) is 5.91 Å². The Bertz CT molecular complexity index is 1540. The van der Waals surface area contributed by atoms with E-state index in [1.54, 1.807) is 26.1 Å². The molecule has 9 heteroatoms. The fourth-order valence-electron chi connectivity index (χ4n) is 5.70. The highest BCUT2D eigenvalue weighted by atomic mass is 19.1. The molecule has 2 atom stereocenters. The van der Waals surface area contributed by atoms with E-state index in [1.807, 2.05) is 31.2 Å². The molecule has 0 unspecified atom stereocenters. The molecule has 1 aromatic carbocycles. The van der Waals surface area contributed by atoms with Gasteiger partial charge in [-0.05, 0) is 49.6 Å². The molecule has 1 aliphatic heterocycles. The van der Waals surface area contributed by atoms with Gasteiger partial charge in [-0.15, -0.1) is 0 Å². The number of hydrogen-bond acceptors (Lipinski definition) is 5. The van der Waals surface area contributed by atoms with Gasteiger partial charge in [0.15, 0.2) is 0 Å². The Balaban J connectivity index is 1.40. The number of aromatic nitrogens is 3. The summed E-state index contributed by atoms with van der Waals surface area (Å²) in [6, 6.07) is 13.8. The van der Waals surface area contributed by atoms with Gasteiger partial charge in [-0.25, -0.2) is 9.37 Å². The third-order valence-corrected chi connectivity index (χ3v) is 7.30. The number of aliphatic hydroxyl groups is 1. The lowest BCUT2D eigenvalue weighted by molar-refractivity contribution is -0.120. The van der Waals surface area contributed by atoms with Crippen LogP contribution in [0.5, 0.6) is 0 Å². The summed E-state index contributed by atoms with van der Waals surface area (Å²) < 4.78 is 13.9. The first-order chi connectivity index (χ1) is 18.6. The number of carbonyl (C=O) groups is 1. The summed E-state index contributed by atoms with van der Waals surface area (Å²) in [7, 11) is 0. The number of rotatable bonds is 8. The number of hydrogen-bond donors (Lipinski definition) is 4. The van der Waals surface area contributed by atoms with E-state index in [2.05, 4.69) is 37.3 Å². The minimum absolute atomic E-state index is 0.0262. The molecule has 4 aromatic rings. The Hall–Kier alpha value is -3.82. The topological polar surface area (TPSA) is 114 Å². The average Bonchev–Trinajstić information content (AvgIpc) is 3.47. The van der Waals surface area contributed by atoms with Crippen molar-refractivity contribution in [2.75, 3.05) is 19.6 Å². The summed E-state index contributed by atoms with van der Waals surface area (Å²) in [6.45, 7) is 7.51. The van der Waals surface area contributed by atoms with Crippen LogP contribution in [0.25, 0.3) is 11.0 Å². The number of nitrogens with one attached hydrogen (secondary N) is 3. The van der Waals surface area contributed by atoms with Crippen LogP contribution in [0.15, 0.2) is 59.7 Å². The Kier molecular flexibility index (Phi) is 7.38. The lowest BCUT2D eigenvalue weighted by Crippen LogP contribution is -2.37. The molecule has 204 valence electrons. The van der Waals surface area contributed by atoms with Crippen LogP contribution in [0.4, 0.5) is 4.39 Å². The van der Waals surface area contributed by atoms with Crippen molar-refractivity contribution in [3.05, 3.63) is 99.0 Å². The lowest BCUT2D eigenvalue weighted by Gasteiger charge is -2.25. The van der Waals surface area contributed by atoms with Crippen molar-refractivity contribution in [2.24, 2.45) is 0 Å².